The van der Waals surface area contributed by atoms with Gasteiger partial charge in [0.2, 0.25) is 0 Å². The van der Waals surface area contributed by atoms with E-state index in [9.17, 15) is 0 Å². The van der Waals surface area contributed by atoms with Crippen molar-refractivity contribution < 1.29 is 9.47 Å². The van der Waals surface area contributed by atoms with Crippen LogP contribution in [0, 0.1) is 0 Å². The second-order valence-corrected chi connectivity index (χ2v) is 4.18. The summed E-state index contributed by atoms with van der Waals surface area (Å²) in [5.74, 6) is 0. The van der Waals surface area contributed by atoms with Crippen molar-refractivity contribution in [2.24, 2.45) is 0 Å². The van der Waals surface area contributed by atoms with Gasteiger partial charge < -0.3 is 19.7 Å². The number of nitrogens with one attached hydrogen (secondary N) is 1. The van der Waals surface area contributed by atoms with Crippen molar-refractivity contribution in [2.45, 2.75) is 25.5 Å². The Balaban J connectivity index is 2.21. The molecule has 2 unspecified atom stereocenters. The Morgan fingerprint density at radius 2 is 2.40 bits per heavy atom. The molecule has 0 aliphatic carbocycles. The van der Waals surface area contributed by atoms with E-state index in [1.54, 1.807) is 7.11 Å². The number of morpholine rings is 1. The summed E-state index contributed by atoms with van der Waals surface area (Å²) in [6, 6.07) is 0.467. The molecule has 0 aromatic heterocycles. The maximum Gasteiger partial charge on any atom is 0.0852 e. The predicted octanol–water partition coefficient (Wildman–Crippen LogP) is 0.332. The summed E-state index contributed by atoms with van der Waals surface area (Å²) >= 11 is 0. The highest BCUT2D eigenvalue weighted by Gasteiger charge is 2.23. The molecule has 0 radical (unpaired) electrons. The number of ether oxygens (including phenoxy) is 2. The second kappa shape index (κ2) is 7.17. The molecule has 2 atom stereocenters. The van der Waals surface area contributed by atoms with Gasteiger partial charge >= 0.3 is 0 Å². The molecule has 1 N–H and O–H groups in total. The molecule has 15 heavy (non-hydrogen) atoms. The van der Waals surface area contributed by atoms with E-state index < -0.39 is 0 Å². The monoisotopic (exact) mass is 216 g/mol. The van der Waals surface area contributed by atoms with Crippen molar-refractivity contribution in [3.8, 4) is 0 Å². The minimum atomic E-state index is 0.325. The number of likely N-dealkylation sites (N-methyl/N-ethyl adjacent to an activating group) is 1. The van der Waals surface area contributed by atoms with Gasteiger partial charge in [-0.1, -0.05) is 0 Å². The summed E-state index contributed by atoms with van der Waals surface area (Å²) in [5, 5.41) is 3.36. The Labute approximate surface area is 92.9 Å². The Hall–Kier alpha value is -0.160. The summed E-state index contributed by atoms with van der Waals surface area (Å²) < 4.78 is 10.8. The third-order valence-corrected chi connectivity index (χ3v) is 3.05. The van der Waals surface area contributed by atoms with Crippen LogP contribution in [-0.4, -0.2) is 64.1 Å². The van der Waals surface area contributed by atoms with Crippen LogP contribution in [0.25, 0.3) is 0 Å². The van der Waals surface area contributed by atoms with Crippen molar-refractivity contribution >= 4 is 0 Å². The average molecular weight is 216 g/mol. The maximum absolute atomic E-state index is 5.73. The van der Waals surface area contributed by atoms with Gasteiger partial charge in [-0.05, 0) is 20.4 Å². The van der Waals surface area contributed by atoms with Crippen LogP contribution in [0.3, 0.4) is 0 Å². The average Bonchev–Trinajstić information content (AvgIpc) is 2.29. The van der Waals surface area contributed by atoms with Crippen LogP contribution in [-0.2, 0) is 9.47 Å². The first-order valence-corrected chi connectivity index (χ1v) is 5.77. The minimum Gasteiger partial charge on any atom is -0.385 e. The van der Waals surface area contributed by atoms with Crippen molar-refractivity contribution in [2.75, 3.05) is 47.0 Å². The molecule has 1 fully saturated rings. The van der Waals surface area contributed by atoms with Gasteiger partial charge in [0.15, 0.2) is 0 Å². The van der Waals surface area contributed by atoms with E-state index in [2.05, 4.69) is 24.2 Å². The highest BCUT2D eigenvalue weighted by Crippen LogP contribution is 2.08. The SMILES string of the molecule is COCCCN(C)C(C)C1CNCCO1. The molecule has 0 amide bonds. The first-order chi connectivity index (χ1) is 7.25. The molecule has 1 rings (SSSR count). The molecule has 0 spiro atoms. The fourth-order valence-electron chi connectivity index (χ4n) is 1.84. The van der Waals surface area contributed by atoms with E-state index in [0.29, 0.717) is 12.1 Å². The van der Waals surface area contributed by atoms with Gasteiger partial charge in [0, 0.05) is 39.4 Å². The highest BCUT2D eigenvalue weighted by atomic mass is 16.5. The first kappa shape index (κ1) is 12.9. The van der Waals surface area contributed by atoms with Crippen molar-refractivity contribution in [3.05, 3.63) is 0 Å². The topological polar surface area (TPSA) is 33.7 Å². The molecule has 1 aliphatic rings. The molecular weight excluding hydrogens is 192 g/mol. The van der Waals surface area contributed by atoms with Gasteiger partial charge in [0.05, 0.1) is 12.7 Å². The quantitative estimate of drug-likeness (QED) is 0.649. The zero-order valence-electron chi connectivity index (χ0n) is 10.2. The zero-order valence-corrected chi connectivity index (χ0v) is 10.2. The van der Waals surface area contributed by atoms with Crippen molar-refractivity contribution in [1.29, 1.82) is 0 Å². The van der Waals surface area contributed by atoms with Gasteiger partial charge in [0.25, 0.3) is 0 Å². The van der Waals surface area contributed by atoms with Crippen LogP contribution in [0.4, 0.5) is 0 Å². The molecule has 4 nitrogen and oxygen atoms in total. The summed E-state index contributed by atoms with van der Waals surface area (Å²) in [4.78, 5) is 2.34. The predicted molar refractivity (Wildman–Crippen MR) is 61.2 cm³/mol. The van der Waals surface area contributed by atoms with Gasteiger partial charge in [0.1, 0.15) is 0 Å². The van der Waals surface area contributed by atoms with Crippen LogP contribution < -0.4 is 5.32 Å². The van der Waals surface area contributed by atoms with E-state index in [1.807, 2.05) is 0 Å². The molecule has 0 aromatic rings. The number of hydrogen-bond acceptors (Lipinski definition) is 4. The maximum atomic E-state index is 5.73. The third-order valence-electron chi connectivity index (χ3n) is 3.05. The van der Waals surface area contributed by atoms with Crippen LogP contribution in [0.1, 0.15) is 13.3 Å². The largest absolute Gasteiger partial charge is 0.385 e. The fraction of sp³-hybridized carbons (Fsp3) is 1.00. The van der Waals surface area contributed by atoms with Gasteiger partial charge in [-0.3, -0.25) is 0 Å². The number of hydrogen-bond donors (Lipinski definition) is 1. The van der Waals surface area contributed by atoms with Crippen molar-refractivity contribution in [1.82, 2.24) is 10.2 Å². The second-order valence-electron chi connectivity index (χ2n) is 4.18. The number of methoxy groups -OCH3 is 1. The van der Waals surface area contributed by atoms with Crippen LogP contribution in [0.2, 0.25) is 0 Å². The molecule has 0 bridgehead atoms. The zero-order chi connectivity index (χ0) is 11.1. The van der Waals surface area contributed by atoms with E-state index in [-0.39, 0.29) is 0 Å². The lowest BCUT2D eigenvalue weighted by Crippen LogP contribution is -2.50. The van der Waals surface area contributed by atoms with Crippen molar-refractivity contribution in [3.63, 3.8) is 0 Å². The van der Waals surface area contributed by atoms with E-state index >= 15 is 0 Å². The molecule has 1 saturated heterocycles. The summed E-state index contributed by atoms with van der Waals surface area (Å²) in [5.41, 5.74) is 0. The van der Waals surface area contributed by atoms with Gasteiger partial charge in [-0.2, -0.15) is 0 Å². The molecule has 1 heterocycles. The van der Waals surface area contributed by atoms with Gasteiger partial charge in [-0.15, -0.1) is 0 Å². The lowest BCUT2D eigenvalue weighted by Gasteiger charge is -2.34. The summed E-state index contributed by atoms with van der Waals surface area (Å²) in [6.07, 6.45) is 1.41. The van der Waals surface area contributed by atoms with E-state index in [0.717, 1.165) is 39.3 Å². The molecular formula is C11H24N2O2. The Bertz CT molecular complexity index is 161. The normalized spacial score (nSPS) is 24.4. The minimum absolute atomic E-state index is 0.325. The van der Waals surface area contributed by atoms with Crippen LogP contribution in [0.15, 0.2) is 0 Å². The van der Waals surface area contributed by atoms with E-state index in [4.69, 9.17) is 9.47 Å². The molecule has 90 valence electrons. The summed E-state index contributed by atoms with van der Waals surface area (Å²) in [6.45, 7) is 6.91. The summed E-state index contributed by atoms with van der Waals surface area (Å²) in [7, 11) is 3.90. The molecule has 4 heteroatoms. The standard InChI is InChI=1S/C11H24N2O2/c1-10(11-9-12-5-8-15-11)13(2)6-4-7-14-3/h10-12H,4-9H2,1-3H3. The molecule has 0 saturated carbocycles. The fourth-order valence-corrected chi connectivity index (χ4v) is 1.84. The molecule has 1 aliphatic heterocycles. The Morgan fingerprint density at radius 3 is 3.00 bits per heavy atom. The van der Waals surface area contributed by atoms with Crippen LogP contribution >= 0.6 is 0 Å². The number of rotatable bonds is 6. The van der Waals surface area contributed by atoms with Gasteiger partial charge in [-0.25, -0.2) is 0 Å². The Kier molecular flexibility index (Phi) is 6.17. The van der Waals surface area contributed by atoms with E-state index in [1.165, 1.54) is 0 Å². The third kappa shape index (κ3) is 4.47. The lowest BCUT2D eigenvalue weighted by atomic mass is 10.1. The van der Waals surface area contributed by atoms with Crippen LogP contribution in [0.5, 0.6) is 0 Å². The first-order valence-electron chi connectivity index (χ1n) is 5.77. The molecule has 0 aromatic carbocycles. The number of nitrogens with zero attached hydrogens (tertiary/aromatic N) is 1. The Morgan fingerprint density at radius 1 is 1.60 bits per heavy atom. The lowest BCUT2D eigenvalue weighted by molar-refractivity contribution is -0.0211. The highest BCUT2D eigenvalue weighted by molar-refractivity contribution is 4.78. The smallest absolute Gasteiger partial charge is 0.0852 e.